The van der Waals surface area contributed by atoms with E-state index in [1.54, 1.807) is 21.0 Å². The van der Waals surface area contributed by atoms with Crippen molar-refractivity contribution < 1.29 is 9.53 Å². The number of methoxy groups -OCH3 is 1. The zero-order valence-corrected chi connectivity index (χ0v) is 15.5. The highest BCUT2D eigenvalue weighted by atomic mass is 35.5. The van der Waals surface area contributed by atoms with Crippen LogP contribution in [0, 0.1) is 5.92 Å². The van der Waals surface area contributed by atoms with Crippen LogP contribution >= 0.6 is 24.8 Å². The second kappa shape index (κ2) is 9.21. The Kier molecular flexibility index (Phi) is 8.74. The lowest BCUT2D eigenvalue weighted by Gasteiger charge is -2.21. The highest BCUT2D eigenvalue weighted by molar-refractivity contribution is 5.86. The van der Waals surface area contributed by atoms with Gasteiger partial charge in [-0.2, -0.15) is 0 Å². The van der Waals surface area contributed by atoms with Crippen molar-refractivity contribution >= 4 is 36.4 Å². The van der Waals surface area contributed by atoms with Crippen LogP contribution < -0.4 is 20.7 Å². The second-order valence-electron chi connectivity index (χ2n) is 6.23. The van der Waals surface area contributed by atoms with E-state index in [9.17, 15) is 4.79 Å². The highest BCUT2D eigenvalue weighted by Gasteiger charge is 2.26. The van der Waals surface area contributed by atoms with Crippen molar-refractivity contribution in [2.45, 2.75) is 25.8 Å². The Hall–Kier alpha value is -1.17. The van der Waals surface area contributed by atoms with Crippen LogP contribution in [-0.4, -0.2) is 38.2 Å². The fourth-order valence-corrected chi connectivity index (χ4v) is 2.51. The van der Waals surface area contributed by atoms with Crippen LogP contribution in [0.2, 0.25) is 0 Å². The Labute approximate surface area is 150 Å². The molecule has 1 atom stereocenters. The molecule has 0 spiro atoms. The van der Waals surface area contributed by atoms with Gasteiger partial charge in [0.25, 0.3) is 0 Å². The van der Waals surface area contributed by atoms with Crippen LogP contribution in [0.3, 0.4) is 0 Å². The van der Waals surface area contributed by atoms with Crippen molar-refractivity contribution in [3.8, 4) is 5.75 Å². The predicted molar refractivity (Wildman–Crippen MR) is 99.1 cm³/mol. The Balaban J connectivity index is 0.00000242. The Morgan fingerprint density at radius 2 is 2.13 bits per heavy atom. The molecular weight excluding hydrogens is 337 g/mol. The van der Waals surface area contributed by atoms with Gasteiger partial charge in [0.15, 0.2) is 0 Å². The minimum absolute atomic E-state index is 0. The number of amides is 1. The lowest BCUT2D eigenvalue weighted by molar-refractivity contribution is -0.125. The molecule has 0 radical (unpaired) electrons. The van der Waals surface area contributed by atoms with E-state index in [1.807, 2.05) is 18.2 Å². The molecule has 132 valence electrons. The summed E-state index contributed by atoms with van der Waals surface area (Å²) in [6.45, 7) is 6.07. The molecule has 1 aromatic rings. The molecule has 0 aliphatic carbocycles. The van der Waals surface area contributed by atoms with Crippen LogP contribution in [0.25, 0.3) is 0 Å². The maximum absolute atomic E-state index is 11.8. The fraction of sp³-hybridized carbons (Fsp3) is 0.562. The molecule has 2 rings (SSSR count). The molecular formula is C16H27Cl2N3O2. The van der Waals surface area contributed by atoms with Gasteiger partial charge in [-0.05, 0) is 38.3 Å². The number of hydrogen-bond acceptors (Lipinski definition) is 4. The Bertz CT molecular complexity index is 506. The van der Waals surface area contributed by atoms with E-state index in [-0.39, 0.29) is 30.7 Å². The number of ether oxygens (including phenoxy) is 1. The molecule has 3 N–H and O–H groups in total. The van der Waals surface area contributed by atoms with Gasteiger partial charge in [-0.15, -0.1) is 24.8 Å². The molecule has 5 nitrogen and oxygen atoms in total. The van der Waals surface area contributed by atoms with Gasteiger partial charge in [0, 0.05) is 31.4 Å². The molecule has 1 unspecified atom stereocenters. The van der Waals surface area contributed by atoms with E-state index >= 15 is 0 Å². The first kappa shape index (κ1) is 21.8. The fourth-order valence-electron chi connectivity index (χ4n) is 2.51. The maximum atomic E-state index is 11.8. The van der Waals surface area contributed by atoms with E-state index < -0.39 is 5.54 Å². The molecule has 7 heteroatoms. The molecule has 1 heterocycles. The van der Waals surface area contributed by atoms with Gasteiger partial charge < -0.3 is 20.7 Å². The average Bonchev–Trinajstić information content (AvgIpc) is 2.92. The number of anilines is 1. The lowest BCUT2D eigenvalue weighted by atomic mass is 10.1. The summed E-state index contributed by atoms with van der Waals surface area (Å²) in [5.41, 5.74) is 6.13. The molecule has 1 fully saturated rings. The average molecular weight is 364 g/mol. The standard InChI is InChI=1S/C16H25N3O2.2ClH/c1-16(2,17)15(20)18-10-12-7-8-19(11-12)13-5-4-6-14(9-13)21-3;;/h4-6,9,12H,7-8,10-11,17H2,1-3H3,(H,18,20);2*1H. The lowest BCUT2D eigenvalue weighted by Crippen LogP contribution is -2.50. The number of hydrogen-bond donors (Lipinski definition) is 2. The Morgan fingerprint density at radius 3 is 2.74 bits per heavy atom. The maximum Gasteiger partial charge on any atom is 0.239 e. The molecule has 1 amide bonds. The molecule has 0 bridgehead atoms. The van der Waals surface area contributed by atoms with Crippen LogP contribution in [0.5, 0.6) is 5.75 Å². The molecule has 23 heavy (non-hydrogen) atoms. The van der Waals surface area contributed by atoms with Crippen molar-refractivity contribution in [2.24, 2.45) is 11.7 Å². The summed E-state index contributed by atoms with van der Waals surface area (Å²) in [7, 11) is 1.68. The molecule has 1 aliphatic rings. The van der Waals surface area contributed by atoms with Gasteiger partial charge in [-0.25, -0.2) is 0 Å². The van der Waals surface area contributed by atoms with E-state index in [4.69, 9.17) is 10.5 Å². The van der Waals surface area contributed by atoms with Gasteiger partial charge in [0.1, 0.15) is 5.75 Å². The van der Waals surface area contributed by atoms with Crippen LogP contribution in [0.15, 0.2) is 24.3 Å². The number of benzene rings is 1. The first-order valence-corrected chi connectivity index (χ1v) is 7.36. The van der Waals surface area contributed by atoms with Crippen molar-refractivity contribution in [1.29, 1.82) is 0 Å². The van der Waals surface area contributed by atoms with Crippen molar-refractivity contribution in [3.63, 3.8) is 0 Å². The van der Waals surface area contributed by atoms with E-state index in [1.165, 1.54) is 5.69 Å². The van der Waals surface area contributed by atoms with Gasteiger partial charge in [0.2, 0.25) is 5.91 Å². The van der Waals surface area contributed by atoms with Gasteiger partial charge in [-0.1, -0.05) is 6.07 Å². The number of carbonyl (C=O) groups is 1. The first-order chi connectivity index (χ1) is 9.90. The van der Waals surface area contributed by atoms with Crippen molar-refractivity contribution in [3.05, 3.63) is 24.3 Å². The predicted octanol–water partition coefficient (Wildman–Crippen LogP) is 2.22. The largest absolute Gasteiger partial charge is 0.497 e. The molecule has 1 aliphatic heterocycles. The molecule has 0 saturated carbocycles. The summed E-state index contributed by atoms with van der Waals surface area (Å²) >= 11 is 0. The summed E-state index contributed by atoms with van der Waals surface area (Å²) in [6, 6.07) is 8.08. The summed E-state index contributed by atoms with van der Waals surface area (Å²) in [6.07, 6.45) is 1.07. The van der Waals surface area contributed by atoms with Gasteiger partial charge in [-0.3, -0.25) is 4.79 Å². The van der Waals surface area contributed by atoms with E-state index in [0.717, 1.165) is 25.3 Å². The summed E-state index contributed by atoms with van der Waals surface area (Å²) in [5.74, 6) is 1.24. The van der Waals surface area contributed by atoms with Crippen LogP contribution in [0.1, 0.15) is 20.3 Å². The first-order valence-electron chi connectivity index (χ1n) is 7.36. The monoisotopic (exact) mass is 363 g/mol. The SMILES string of the molecule is COc1cccc(N2CCC(CNC(=O)C(C)(C)N)C2)c1.Cl.Cl. The van der Waals surface area contributed by atoms with Crippen molar-refractivity contribution in [1.82, 2.24) is 5.32 Å². The van der Waals surface area contributed by atoms with E-state index in [0.29, 0.717) is 12.5 Å². The zero-order chi connectivity index (χ0) is 15.5. The summed E-state index contributed by atoms with van der Waals surface area (Å²) in [4.78, 5) is 14.1. The van der Waals surface area contributed by atoms with Crippen molar-refractivity contribution in [2.75, 3.05) is 31.6 Å². The number of nitrogens with one attached hydrogen (secondary N) is 1. The van der Waals surface area contributed by atoms with Gasteiger partial charge in [0.05, 0.1) is 12.6 Å². The topological polar surface area (TPSA) is 67.6 Å². The zero-order valence-electron chi connectivity index (χ0n) is 13.9. The minimum Gasteiger partial charge on any atom is -0.497 e. The van der Waals surface area contributed by atoms with Crippen LogP contribution in [0.4, 0.5) is 5.69 Å². The smallest absolute Gasteiger partial charge is 0.239 e. The Morgan fingerprint density at radius 1 is 1.43 bits per heavy atom. The molecule has 1 aromatic carbocycles. The minimum atomic E-state index is -0.814. The number of rotatable bonds is 5. The summed E-state index contributed by atoms with van der Waals surface area (Å²) in [5, 5.41) is 2.94. The second-order valence-corrected chi connectivity index (χ2v) is 6.23. The normalized spacial score (nSPS) is 17.0. The third kappa shape index (κ3) is 6.09. The van der Waals surface area contributed by atoms with Gasteiger partial charge >= 0.3 is 0 Å². The third-order valence-corrected chi connectivity index (χ3v) is 3.84. The number of nitrogens with two attached hydrogens (primary N) is 1. The number of nitrogens with zero attached hydrogens (tertiary/aromatic N) is 1. The third-order valence-electron chi connectivity index (χ3n) is 3.84. The highest BCUT2D eigenvalue weighted by Crippen LogP contribution is 2.26. The van der Waals surface area contributed by atoms with Crippen LogP contribution in [-0.2, 0) is 4.79 Å². The quantitative estimate of drug-likeness (QED) is 0.841. The molecule has 0 aromatic heterocycles. The number of halogens is 2. The van der Waals surface area contributed by atoms with E-state index in [2.05, 4.69) is 16.3 Å². The molecule has 1 saturated heterocycles. The number of carbonyl (C=O) groups excluding carboxylic acids is 1. The summed E-state index contributed by atoms with van der Waals surface area (Å²) < 4.78 is 5.26.